The number of benzene rings is 2. The molecule has 1 aliphatic rings. The Labute approximate surface area is 227 Å². The van der Waals surface area contributed by atoms with Gasteiger partial charge in [0, 0.05) is 0 Å². The first-order chi connectivity index (χ1) is 17.7. The Balaban J connectivity index is 1.76. The SMILES string of the molecule is CC(C)CC(F)(CCC(C)(COC(CCc1ccccc1)c1ccccc1)C1CCCCC1)CC(C)C. The summed E-state index contributed by atoms with van der Waals surface area (Å²) in [6.07, 6.45) is 11.4. The molecule has 2 atom stereocenters. The van der Waals surface area contributed by atoms with Crippen LogP contribution in [-0.2, 0) is 11.2 Å². The van der Waals surface area contributed by atoms with Gasteiger partial charge in [-0.3, -0.25) is 0 Å². The molecule has 2 aromatic carbocycles. The van der Waals surface area contributed by atoms with Crippen LogP contribution >= 0.6 is 0 Å². The topological polar surface area (TPSA) is 9.23 Å². The highest BCUT2D eigenvalue weighted by Crippen LogP contribution is 2.46. The highest BCUT2D eigenvalue weighted by Gasteiger charge is 2.40. The summed E-state index contributed by atoms with van der Waals surface area (Å²) in [4.78, 5) is 0. The lowest BCUT2D eigenvalue weighted by Gasteiger charge is -2.43. The Morgan fingerprint density at radius 1 is 0.811 bits per heavy atom. The van der Waals surface area contributed by atoms with Crippen LogP contribution in [-0.4, -0.2) is 12.3 Å². The first kappa shape index (κ1) is 29.9. The van der Waals surface area contributed by atoms with Crippen molar-refractivity contribution >= 4 is 0 Å². The van der Waals surface area contributed by atoms with E-state index in [1.165, 1.54) is 43.2 Å². The van der Waals surface area contributed by atoms with Crippen LogP contribution in [0.1, 0.15) is 116 Å². The minimum absolute atomic E-state index is 0.00545. The molecule has 0 heterocycles. The van der Waals surface area contributed by atoms with Crippen molar-refractivity contribution < 1.29 is 9.13 Å². The second-order valence-electron chi connectivity index (χ2n) is 13.1. The predicted molar refractivity (Wildman–Crippen MR) is 157 cm³/mol. The van der Waals surface area contributed by atoms with Gasteiger partial charge in [0.1, 0.15) is 5.67 Å². The lowest BCUT2D eigenvalue weighted by atomic mass is 9.66. The maximum absolute atomic E-state index is 16.3. The Hall–Kier alpha value is -1.67. The molecule has 1 nitrogen and oxygen atoms in total. The average Bonchev–Trinajstić information content (AvgIpc) is 2.88. The summed E-state index contributed by atoms with van der Waals surface area (Å²) in [6.45, 7) is 11.8. The molecule has 1 fully saturated rings. The third kappa shape index (κ3) is 9.86. The van der Waals surface area contributed by atoms with E-state index >= 15 is 4.39 Å². The molecule has 1 aliphatic carbocycles. The van der Waals surface area contributed by atoms with E-state index in [0.29, 0.717) is 43.6 Å². The van der Waals surface area contributed by atoms with Crippen LogP contribution in [0, 0.1) is 23.2 Å². The molecule has 0 aliphatic heterocycles. The largest absolute Gasteiger partial charge is 0.373 e. The number of halogens is 1. The number of hydrogen-bond donors (Lipinski definition) is 0. The van der Waals surface area contributed by atoms with Crippen LogP contribution in [0.3, 0.4) is 0 Å². The molecule has 0 radical (unpaired) electrons. The standard InChI is InChI=1S/C35H53FO/c1-28(2)25-35(36,26-29(3)4)24-23-34(5,32-19-13-8-14-20-32)27-37-33(31-17-11-7-12-18-31)22-21-30-15-9-6-10-16-30/h6-7,9-12,15-18,28-29,32-33H,8,13-14,19-27H2,1-5H3. The fourth-order valence-electron chi connectivity index (χ4n) is 6.70. The van der Waals surface area contributed by atoms with E-state index in [2.05, 4.69) is 95.3 Å². The van der Waals surface area contributed by atoms with Crippen molar-refractivity contribution in [3.63, 3.8) is 0 Å². The summed E-state index contributed by atoms with van der Waals surface area (Å²) in [5.41, 5.74) is 1.53. The number of aryl methyl sites for hydroxylation is 1. The smallest absolute Gasteiger partial charge is 0.111 e. The molecule has 206 valence electrons. The number of ether oxygens (including phenoxy) is 1. The quantitative estimate of drug-likeness (QED) is 0.232. The third-order valence-corrected chi connectivity index (χ3v) is 8.61. The van der Waals surface area contributed by atoms with Crippen LogP contribution in [0.15, 0.2) is 60.7 Å². The molecule has 2 aromatic rings. The van der Waals surface area contributed by atoms with Gasteiger partial charge in [-0.1, -0.05) is 115 Å². The molecular weight excluding hydrogens is 455 g/mol. The Morgan fingerprint density at radius 3 is 1.95 bits per heavy atom. The highest BCUT2D eigenvalue weighted by molar-refractivity contribution is 5.19. The molecule has 2 unspecified atom stereocenters. The molecule has 0 spiro atoms. The average molecular weight is 509 g/mol. The molecule has 0 saturated heterocycles. The Morgan fingerprint density at radius 2 is 1.38 bits per heavy atom. The number of hydrogen-bond acceptors (Lipinski definition) is 1. The van der Waals surface area contributed by atoms with E-state index in [-0.39, 0.29) is 11.5 Å². The van der Waals surface area contributed by atoms with Crippen LogP contribution in [0.25, 0.3) is 0 Å². The molecule has 3 rings (SSSR count). The second kappa shape index (κ2) is 14.5. The molecule has 0 bridgehead atoms. The summed E-state index contributed by atoms with van der Waals surface area (Å²) < 4.78 is 23.2. The zero-order valence-corrected chi connectivity index (χ0v) is 24.4. The molecule has 0 aromatic heterocycles. The van der Waals surface area contributed by atoms with E-state index in [9.17, 15) is 0 Å². The Bertz CT molecular complexity index is 861. The minimum Gasteiger partial charge on any atom is -0.373 e. The van der Waals surface area contributed by atoms with Crippen LogP contribution < -0.4 is 0 Å². The van der Waals surface area contributed by atoms with Gasteiger partial charge in [0.05, 0.1) is 12.7 Å². The van der Waals surface area contributed by atoms with Gasteiger partial charge in [-0.25, -0.2) is 4.39 Å². The predicted octanol–water partition coefficient (Wildman–Crippen LogP) is 10.5. The van der Waals surface area contributed by atoms with Crippen molar-refractivity contribution in [3.05, 3.63) is 71.8 Å². The number of alkyl halides is 1. The molecule has 0 N–H and O–H groups in total. The zero-order chi connectivity index (χ0) is 26.7. The van der Waals surface area contributed by atoms with E-state index in [4.69, 9.17) is 4.74 Å². The lowest BCUT2D eigenvalue weighted by Crippen LogP contribution is -2.37. The van der Waals surface area contributed by atoms with Crippen molar-refractivity contribution in [1.82, 2.24) is 0 Å². The van der Waals surface area contributed by atoms with Crippen molar-refractivity contribution in [3.8, 4) is 0 Å². The first-order valence-electron chi connectivity index (χ1n) is 15.1. The van der Waals surface area contributed by atoms with Crippen molar-refractivity contribution in [2.45, 2.75) is 117 Å². The summed E-state index contributed by atoms with van der Waals surface area (Å²) in [7, 11) is 0. The molecular formula is C35H53FO. The van der Waals surface area contributed by atoms with Crippen molar-refractivity contribution in [1.29, 1.82) is 0 Å². The Kier molecular flexibility index (Phi) is 11.7. The van der Waals surface area contributed by atoms with Gasteiger partial charge in [-0.05, 0) is 85.7 Å². The maximum Gasteiger partial charge on any atom is 0.111 e. The van der Waals surface area contributed by atoms with Gasteiger partial charge < -0.3 is 4.74 Å². The van der Waals surface area contributed by atoms with Crippen LogP contribution in [0.4, 0.5) is 4.39 Å². The first-order valence-corrected chi connectivity index (χ1v) is 15.1. The van der Waals surface area contributed by atoms with Gasteiger partial charge in [-0.15, -0.1) is 0 Å². The van der Waals surface area contributed by atoms with Gasteiger partial charge >= 0.3 is 0 Å². The monoisotopic (exact) mass is 508 g/mol. The van der Waals surface area contributed by atoms with Crippen LogP contribution in [0.2, 0.25) is 0 Å². The summed E-state index contributed by atoms with van der Waals surface area (Å²) in [5, 5.41) is 0. The van der Waals surface area contributed by atoms with Crippen molar-refractivity contribution in [2.75, 3.05) is 6.61 Å². The fraction of sp³-hybridized carbons (Fsp3) is 0.657. The van der Waals surface area contributed by atoms with Gasteiger partial charge in [0.2, 0.25) is 0 Å². The normalized spacial score (nSPS) is 17.7. The van der Waals surface area contributed by atoms with Crippen LogP contribution in [0.5, 0.6) is 0 Å². The number of rotatable bonds is 15. The molecule has 1 saturated carbocycles. The second-order valence-corrected chi connectivity index (χ2v) is 13.1. The van der Waals surface area contributed by atoms with E-state index in [1.807, 2.05) is 0 Å². The molecule has 2 heteroatoms. The third-order valence-electron chi connectivity index (χ3n) is 8.61. The fourth-order valence-corrected chi connectivity index (χ4v) is 6.70. The van der Waals surface area contributed by atoms with Gasteiger partial charge in [-0.2, -0.15) is 0 Å². The molecule has 37 heavy (non-hydrogen) atoms. The minimum atomic E-state index is -1.08. The zero-order valence-electron chi connectivity index (χ0n) is 24.4. The van der Waals surface area contributed by atoms with E-state index in [1.54, 1.807) is 0 Å². The van der Waals surface area contributed by atoms with Gasteiger partial charge in [0.15, 0.2) is 0 Å². The highest BCUT2D eigenvalue weighted by atomic mass is 19.1. The summed E-state index contributed by atoms with van der Waals surface area (Å²) in [6, 6.07) is 21.4. The molecule has 0 amide bonds. The lowest BCUT2D eigenvalue weighted by molar-refractivity contribution is -0.0524. The van der Waals surface area contributed by atoms with E-state index < -0.39 is 5.67 Å². The summed E-state index contributed by atoms with van der Waals surface area (Å²) >= 11 is 0. The summed E-state index contributed by atoms with van der Waals surface area (Å²) in [5.74, 6) is 1.37. The van der Waals surface area contributed by atoms with Gasteiger partial charge in [0.25, 0.3) is 0 Å². The van der Waals surface area contributed by atoms with Crippen molar-refractivity contribution in [2.24, 2.45) is 23.2 Å². The maximum atomic E-state index is 16.3. The van der Waals surface area contributed by atoms with E-state index in [0.717, 1.165) is 19.3 Å².